The summed E-state index contributed by atoms with van der Waals surface area (Å²) in [5.41, 5.74) is 6.01. The van der Waals surface area contributed by atoms with Gasteiger partial charge in [0, 0.05) is 12.6 Å². The van der Waals surface area contributed by atoms with Gasteiger partial charge < -0.3 is 10.6 Å². The summed E-state index contributed by atoms with van der Waals surface area (Å²) < 4.78 is 0. The summed E-state index contributed by atoms with van der Waals surface area (Å²) in [6.07, 6.45) is 13.3. The lowest BCUT2D eigenvalue weighted by Gasteiger charge is -2.42. The first-order valence-corrected chi connectivity index (χ1v) is 9.20. The molecule has 0 bridgehead atoms. The summed E-state index contributed by atoms with van der Waals surface area (Å²) in [6.45, 7) is 3.20. The molecule has 0 aromatic heterocycles. The largest absolute Gasteiger partial charge is 0.338 e. The third-order valence-corrected chi connectivity index (χ3v) is 6.21. The second-order valence-corrected chi connectivity index (χ2v) is 7.96. The predicted octanol–water partition coefficient (Wildman–Crippen LogP) is 3.47. The topological polar surface area (TPSA) is 46.3 Å². The molecule has 1 saturated heterocycles. The number of carbonyl (C=O) groups is 1. The molecule has 3 nitrogen and oxygen atoms in total. The first kappa shape index (κ1) is 15.3. The van der Waals surface area contributed by atoms with Crippen LogP contribution >= 0.6 is 0 Å². The Morgan fingerprint density at radius 3 is 2.52 bits per heavy atom. The normalized spacial score (nSPS) is 38.7. The van der Waals surface area contributed by atoms with Crippen LogP contribution in [0.4, 0.5) is 0 Å². The van der Waals surface area contributed by atoms with E-state index < -0.39 is 5.54 Å². The molecule has 21 heavy (non-hydrogen) atoms. The lowest BCUT2D eigenvalue weighted by atomic mass is 9.75. The second-order valence-electron chi connectivity index (χ2n) is 7.96. The van der Waals surface area contributed by atoms with E-state index in [2.05, 4.69) is 11.8 Å². The molecule has 3 unspecified atom stereocenters. The molecule has 1 heterocycles. The summed E-state index contributed by atoms with van der Waals surface area (Å²) in [4.78, 5) is 15.3. The van der Waals surface area contributed by atoms with E-state index in [0.717, 1.165) is 31.7 Å². The molecule has 0 spiro atoms. The van der Waals surface area contributed by atoms with E-state index in [-0.39, 0.29) is 5.91 Å². The lowest BCUT2D eigenvalue weighted by molar-refractivity contribution is -0.141. The van der Waals surface area contributed by atoms with E-state index in [1.807, 2.05) is 0 Å². The van der Waals surface area contributed by atoms with Crippen LogP contribution in [0.2, 0.25) is 0 Å². The Morgan fingerprint density at radius 1 is 1.05 bits per heavy atom. The van der Waals surface area contributed by atoms with E-state index in [9.17, 15) is 4.79 Å². The first-order chi connectivity index (χ1) is 10.1. The van der Waals surface area contributed by atoms with Gasteiger partial charge in [0.25, 0.3) is 0 Å². The van der Waals surface area contributed by atoms with Crippen LogP contribution in [-0.2, 0) is 4.79 Å². The highest BCUT2D eigenvalue weighted by atomic mass is 16.2. The van der Waals surface area contributed by atoms with E-state index in [0.29, 0.717) is 12.0 Å². The molecule has 1 amide bonds. The molecule has 0 aromatic carbocycles. The van der Waals surface area contributed by atoms with E-state index in [4.69, 9.17) is 5.73 Å². The Morgan fingerprint density at radius 2 is 1.81 bits per heavy atom. The molecule has 120 valence electrons. The fraction of sp³-hybridized carbons (Fsp3) is 0.944. The summed E-state index contributed by atoms with van der Waals surface area (Å²) >= 11 is 0. The highest BCUT2D eigenvalue weighted by Crippen LogP contribution is 2.38. The summed E-state index contributed by atoms with van der Waals surface area (Å²) in [5, 5.41) is 0. The van der Waals surface area contributed by atoms with Crippen LogP contribution in [0.5, 0.6) is 0 Å². The summed E-state index contributed by atoms with van der Waals surface area (Å²) in [7, 11) is 0. The average molecular weight is 292 g/mol. The van der Waals surface area contributed by atoms with E-state index in [1.54, 1.807) is 0 Å². The van der Waals surface area contributed by atoms with Crippen LogP contribution in [0.1, 0.15) is 77.6 Å². The van der Waals surface area contributed by atoms with Crippen molar-refractivity contribution in [1.82, 2.24) is 4.90 Å². The van der Waals surface area contributed by atoms with Gasteiger partial charge in [-0.15, -0.1) is 0 Å². The number of nitrogens with zero attached hydrogens (tertiary/aromatic N) is 1. The maximum atomic E-state index is 13.1. The van der Waals surface area contributed by atoms with Crippen LogP contribution in [0, 0.1) is 11.8 Å². The molecule has 3 fully saturated rings. The zero-order valence-electron chi connectivity index (χ0n) is 13.7. The van der Waals surface area contributed by atoms with Crippen molar-refractivity contribution in [3.8, 4) is 0 Å². The number of carbonyl (C=O) groups excluding carboxylic acids is 1. The SMILES string of the molecule is CC1CCCC(N)(C(=O)N2CCCC2C2CCCCC2)C1. The highest BCUT2D eigenvalue weighted by molar-refractivity contribution is 5.86. The number of rotatable bonds is 2. The maximum absolute atomic E-state index is 13.1. The molecular formula is C18H32N2O. The van der Waals surface area contributed by atoms with Crippen molar-refractivity contribution in [2.75, 3.05) is 6.54 Å². The van der Waals surface area contributed by atoms with Gasteiger partial charge in [0.05, 0.1) is 5.54 Å². The maximum Gasteiger partial charge on any atom is 0.242 e. The van der Waals surface area contributed by atoms with Gasteiger partial charge in [0.2, 0.25) is 5.91 Å². The Bertz CT molecular complexity index is 377. The van der Waals surface area contributed by atoms with Gasteiger partial charge in [-0.25, -0.2) is 0 Å². The first-order valence-electron chi connectivity index (χ1n) is 9.20. The Hall–Kier alpha value is -0.570. The van der Waals surface area contributed by atoms with Crippen LogP contribution in [-0.4, -0.2) is 28.9 Å². The highest BCUT2D eigenvalue weighted by Gasteiger charge is 2.45. The molecule has 2 aliphatic carbocycles. The van der Waals surface area contributed by atoms with Crippen molar-refractivity contribution < 1.29 is 4.79 Å². The van der Waals surface area contributed by atoms with Gasteiger partial charge >= 0.3 is 0 Å². The molecule has 3 rings (SSSR count). The molecule has 0 aromatic rings. The van der Waals surface area contributed by atoms with Crippen LogP contribution in [0.3, 0.4) is 0 Å². The van der Waals surface area contributed by atoms with Crippen LogP contribution in [0.15, 0.2) is 0 Å². The zero-order chi connectivity index (χ0) is 14.9. The fourth-order valence-electron chi connectivity index (χ4n) is 5.13. The van der Waals surface area contributed by atoms with Crippen molar-refractivity contribution in [3.05, 3.63) is 0 Å². The number of hydrogen-bond acceptors (Lipinski definition) is 2. The van der Waals surface area contributed by atoms with Gasteiger partial charge in [-0.1, -0.05) is 39.0 Å². The molecule has 3 aliphatic rings. The third-order valence-electron chi connectivity index (χ3n) is 6.21. The Balaban J connectivity index is 1.70. The van der Waals surface area contributed by atoms with Crippen molar-refractivity contribution in [3.63, 3.8) is 0 Å². The molecule has 0 radical (unpaired) electrons. The number of hydrogen-bond donors (Lipinski definition) is 1. The minimum atomic E-state index is -0.561. The monoisotopic (exact) mass is 292 g/mol. The lowest BCUT2D eigenvalue weighted by Crippen LogP contribution is -2.59. The van der Waals surface area contributed by atoms with Gasteiger partial charge in [-0.2, -0.15) is 0 Å². The second kappa shape index (κ2) is 6.28. The summed E-state index contributed by atoms with van der Waals surface area (Å²) in [6, 6.07) is 0.496. The number of likely N-dealkylation sites (tertiary alicyclic amines) is 1. The number of amides is 1. The van der Waals surface area contributed by atoms with Gasteiger partial charge in [0.15, 0.2) is 0 Å². The van der Waals surface area contributed by atoms with Gasteiger partial charge in [0.1, 0.15) is 0 Å². The fourth-order valence-corrected chi connectivity index (χ4v) is 5.13. The molecular weight excluding hydrogens is 260 g/mol. The molecule has 2 N–H and O–H groups in total. The van der Waals surface area contributed by atoms with E-state index in [1.165, 1.54) is 51.4 Å². The van der Waals surface area contributed by atoms with Crippen LogP contribution in [0.25, 0.3) is 0 Å². The smallest absolute Gasteiger partial charge is 0.242 e. The Kier molecular flexibility index (Phi) is 4.58. The van der Waals surface area contributed by atoms with Gasteiger partial charge in [-0.3, -0.25) is 4.79 Å². The Labute approximate surface area is 129 Å². The molecule has 3 heteroatoms. The van der Waals surface area contributed by atoms with Crippen molar-refractivity contribution in [2.45, 2.75) is 89.1 Å². The molecule has 1 aliphatic heterocycles. The van der Waals surface area contributed by atoms with Gasteiger partial charge in [-0.05, 0) is 50.4 Å². The third kappa shape index (κ3) is 3.13. The van der Waals surface area contributed by atoms with Crippen molar-refractivity contribution in [2.24, 2.45) is 17.6 Å². The standard InChI is InChI=1S/C18H32N2O/c1-14-7-5-11-18(19,13-14)17(21)20-12-6-10-16(20)15-8-3-2-4-9-15/h14-16H,2-13,19H2,1H3. The van der Waals surface area contributed by atoms with Crippen LogP contribution < -0.4 is 5.73 Å². The average Bonchev–Trinajstić information content (AvgIpc) is 2.96. The van der Waals surface area contributed by atoms with E-state index >= 15 is 0 Å². The number of nitrogens with two attached hydrogens (primary N) is 1. The minimum absolute atomic E-state index is 0.280. The quantitative estimate of drug-likeness (QED) is 0.847. The van der Waals surface area contributed by atoms with Crippen molar-refractivity contribution >= 4 is 5.91 Å². The molecule has 2 saturated carbocycles. The minimum Gasteiger partial charge on any atom is -0.338 e. The summed E-state index contributed by atoms with van der Waals surface area (Å²) in [5.74, 6) is 1.63. The zero-order valence-corrected chi connectivity index (χ0v) is 13.7. The predicted molar refractivity (Wildman–Crippen MR) is 85.9 cm³/mol. The molecule has 3 atom stereocenters. The van der Waals surface area contributed by atoms with Crippen molar-refractivity contribution in [1.29, 1.82) is 0 Å².